The molecule has 63 valence electrons. The van der Waals surface area contributed by atoms with Crippen molar-refractivity contribution in [3.05, 3.63) is 27.2 Å². The SMILES string of the molecule is [CH2][C@H](CO[N+](=O)[O-])O[N+](=O)[O-]. The molecule has 1 atom stereocenters. The second kappa shape index (κ2) is 4.25. The molecule has 0 fully saturated rings. The molecule has 8 nitrogen and oxygen atoms in total. The molecule has 0 aromatic rings. The maximum Gasteiger partial charge on any atom is 0.294 e. The van der Waals surface area contributed by atoms with Gasteiger partial charge in [-0.25, -0.2) is 0 Å². The van der Waals surface area contributed by atoms with Crippen molar-refractivity contribution in [2.75, 3.05) is 6.61 Å². The Labute approximate surface area is 60.9 Å². The fourth-order valence-electron chi connectivity index (χ4n) is 0.296. The second-order valence-corrected chi connectivity index (χ2v) is 1.47. The molecular weight excluding hydrogens is 160 g/mol. The summed E-state index contributed by atoms with van der Waals surface area (Å²) in [7, 11) is 0. The van der Waals surface area contributed by atoms with Crippen LogP contribution in [-0.4, -0.2) is 22.9 Å². The Morgan fingerprint density at radius 2 is 1.91 bits per heavy atom. The van der Waals surface area contributed by atoms with Crippen molar-refractivity contribution < 1.29 is 19.8 Å². The van der Waals surface area contributed by atoms with Crippen LogP contribution in [0, 0.1) is 27.2 Å². The van der Waals surface area contributed by atoms with Gasteiger partial charge in [-0.1, -0.05) is 0 Å². The van der Waals surface area contributed by atoms with Crippen LogP contribution in [-0.2, 0) is 9.68 Å². The first-order valence-corrected chi connectivity index (χ1v) is 2.44. The van der Waals surface area contributed by atoms with Gasteiger partial charge in [-0.2, -0.15) is 0 Å². The maximum absolute atomic E-state index is 9.57. The van der Waals surface area contributed by atoms with E-state index < -0.39 is 22.9 Å². The van der Waals surface area contributed by atoms with Gasteiger partial charge in [0.2, 0.25) is 0 Å². The quantitative estimate of drug-likeness (QED) is 0.405. The average Bonchev–Trinajstić information content (AvgIpc) is 1.82. The van der Waals surface area contributed by atoms with Crippen LogP contribution in [0.25, 0.3) is 0 Å². The van der Waals surface area contributed by atoms with Gasteiger partial charge in [-0.05, 0) is 6.92 Å². The van der Waals surface area contributed by atoms with Gasteiger partial charge in [0.15, 0.2) is 0 Å². The van der Waals surface area contributed by atoms with E-state index in [-0.39, 0.29) is 0 Å². The molecule has 0 N–H and O–H groups in total. The van der Waals surface area contributed by atoms with Crippen LogP contribution in [0.1, 0.15) is 0 Å². The third-order valence-electron chi connectivity index (χ3n) is 0.601. The molecule has 0 aliphatic rings. The van der Waals surface area contributed by atoms with E-state index in [0.29, 0.717) is 0 Å². The number of hydrogen-bond donors (Lipinski definition) is 0. The fraction of sp³-hybridized carbons (Fsp3) is 0.667. The van der Waals surface area contributed by atoms with E-state index in [1.807, 2.05) is 0 Å². The van der Waals surface area contributed by atoms with Crippen LogP contribution < -0.4 is 0 Å². The van der Waals surface area contributed by atoms with Gasteiger partial charge in [0, 0.05) is 0 Å². The minimum Gasteiger partial charge on any atom is -0.312 e. The zero-order valence-electron chi connectivity index (χ0n) is 5.34. The fourth-order valence-corrected chi connectivity index (χ4v) is 0.296. The molecule has 0 heterocycles. The molecular formula is C3H5N2O6. The molecule has 8 heteroatoms. The standard InChI is InChI=1S/C3H5N2O6/c1-3(11-5(8)9)2-10-4(6)7/h3H,1-2H2/t3-/m1/s1. The zero-order chi connectivity index (χ0) is 8.85. The van der Waals surface area contributed by atoms with Crippen molar-refractivity contribution in [2.24, 2.45) is 0 Å². The molecule has 0 spiro atoms. The molecule has 0 unspecified atom stereocenters. The Kier molecular flexibility index (Phi) is 3.63. The molecule has 0 aliphatic heterocycles. The lowest BCUT2D eigenvalue weighted by Gasteiger charge is -2.05. The van der Waals surface area contributed by atoms with Gasteiger partial charge in [0.25, 0.3) is 10.2 Å². The Bertz CT molecular complexity index is 158. The summed E-state index contributed by atoms with van der Waals surface area (Å²) in [6.45, 7) is 2.50. The van der Waals surface area contributed by atoms with Crippen molar-refractivity contribution in [3.63, 3.8) is 0 Å². The van der Waals surface area contributed by atoms with Gasteiger partial charge in [0.1, 0.15) is 12.7 Å². The van der Waals surface area contributed by atoms with Crippen LogP contribution in [0.5, 0.6) is 0 Å². The summed E-state index contributed by atoms with van der Waals surface area (Å²) in [5.74, 6) is 0. The average molecular weight is 165 g/mol. The summed E-state index contributed by atoms with van der Waals surface area (Å²) < 4.78 is 0. The van der Waals surface area contributed by atoms with E-state index >= 15 is 0 Å². The molecule has 0 rings (SSSR count). The highest BCUT2D eigenvalue weighted by atomic mass is 17.0. The molecule has 0 saturated heterocycles. The summed E-state index contributed by atoms with van der Waals surface area (Å²) in [6, 6.07) is 0. The summed E-state index contributed by atoms with van der Waals surface area (Å²) in [4.78, 5) is 26.6. The monoisotopic (exact) mass is 165 g/mol. The van der Waals surface area contributed by atoms with Crippen LogP contribution in [0.4, 0.5) is 0 Å². The highest BCUT2D eigenvalue weighted by Crippen LogP contribution is 1.90. The van der Waals surface area contributed by atoms with Crippen molar-refractivity contribution in [1.29, 1.82) is 0 Å². The molecule has 0 bridgehead atoms. The van der Waals surface area contributed by atoms with Crippen molar-refractivity contribution in [1.82, 2.24) is 0 Å². The first-order valence-electron chi connectivity index (χ1n) is 2.44. The molecule has 0 amide bonds. The molecule has 0 aromatic heterocycles. The topological polar surface area (TPSA) is 105 Å². The predicted octanol–water partition coefficient (Wildman–Crippen LogP) is -0.394. The van der Waals surface area contributed by atoms with Gasteiger partial charge in [-0.3, -0.25) is 0 Å². The largest absolute Gasteiger partial charge is 0.312 e. The lowest BCUT2D eigenvalue weighted by Crippen LogP contribution is -2.21. The second-order valence-electron chi connectivity index (χ2n) is 1.47. The smallest absolute Gasteiger partial charge is 0.294 e. The molecule has 0 aromatic carbocycles. The number of nitrogens with zero attached hydrogens (tertiary/aromatic N) is 2. The summed E-state index contributed by atoms with van der Waals surface area (Å²) in [6.07, 6.45) is -1.18. The van der Waals surface area contributed by atoms with Crippen molar-refractivity contribution in [3.8, 4) is 0 Å². The van der Waals surface area contributed by atoms with Crippen LogP contribution >= 0.6 is 0 Å². The Hall–Kier alpha value is -1.60. The van der Waals surface area contributed by atoms with E-state index in [9.17, 15) is 20.2 Å². The van der Waals surface area contributed by atoms with E-state index in [0.717, 1.165) is 0 Å². The van der Waals surface area contributed by atoms with E-state index in [1.165, 1.54) is 0 Å². The summed E-state index contributed by atoms with van der Waals surface area (Å²) in [5.41, 5.74) is 0. The normalized spacial score (nSPS) is 11.7. The summed E-state index contributed by atoms with van der Waals surface area (Å²) in [5, 5.41) is 16.9. The van der Waals surface area contributed by atoms with E-state index in [2.05, 4.69) is 16.6 Å². The molecule has 11 heavy (non-hydrogen) atoms. The number of hydrogen-bond acceptors (Lipinski definition) is 6. The van der Waals surface area contributed by atoms with E-state index in [4.69, 9.17) is 0 Å². The first-order chi connectivity index (χ1) is 5.02. The Morgan fingerprint density at radius 3 is 2.27 bits per heavy atom. The van der Waals surface area contributed by atoms with Crippen LogP contribution in [0.2, 0.25) is 0 Å². The Morgan fingerprint density at radius 1 is 1.36 bits per heavy atom. The summed E-state index contributed by atoms with van der Waals surface area (Å²) >= 11 is 0. The minimum atomic E-state index is -1.18. The third kappa shape index (κ3) is 6.28. The lowest BCUT2D eigenvalue weighted by molar-refractivity contribution is -0.787. The van der Waals surface area contributed by atoms with Gasteiger partial charge < -0.3 is 9.68 Å². The maximum atomic E-state index is 9.57. The highest BCUT2D eigenvalue weighted by molar-refractivity contribution is 4.53. The van der Waals surface area contributed by atoms with Gasteiger partial charge in [-0.15, -0.1) is 20.2 Å². The number of rotatable bonds is 5. The molecule has 0 saturated carbocycles. The van der Waals surface area contributed by atoms with Gasteiger partial charge in [0.05, 0.1) is 0 Å². The van der Waals surface area contributed by atoms with Crippen LogP contribution in [0.15, 0.2) is 0 Å². The Balaban J connectivity index is 3.44. The minimum absolute atomic E-state index is 0.562. The molecule has 1 radical (unpaired) electrons. The van der Waals surface area contributed by atoms with Crippen molar-refractivity contribution >= 4 is 0 Å². The van der Waals surface area contributed by atoms with Crippen molar-refractivity contribution in [2.45, 2.75) is 6.10 Å². The van der Waals surface area contributed by atoms with E-state index in [1.54, 1.807) is 0 Å². The first kappa shape index (κ1) is 9.40. The zero-order valence-corrected chi connectivity index (χ0v) is 5.34. The van der Waals surface area contributed by atoms with Crippen LogP contribution in [0.3, 0.4) is 0 Å². The lowest BCUT2D eigenvalue weighted by atomic mass is 10.5. The molecule has 0 aliphatic carbocycles. The highest BCUT2D eigenvalue weighted by Gasteiger charge is 2.08. The third-order valence-corrected chi connectivity index (χ3v) is 0.601. The predicted molar refractivity (Wildman–Crippen MR) is 30.2 cm³/mol. The van der Waals surface area contributed by atoms with Gasteiger partial charge >= 0.3 is 0 Å².